The molecule has 104 valence electrons. The van der Waals surface area contributed by atoms with E-state index in [1.165, 1.54) is 18.4 Å². The minimum atomic E-state index is 0.234. The fraction of sp³-hybridized carbons (Fsp3) is 0.444. The molecule has 1 heteroatoms. The first kappa shape index (κ1) is 15.7. The fourth-order valence-electron chi connectivity index (χ4n) is 2.02. The van der Waals surface area contributed by atoms with Crippen LogP contribution in [0, 0.1) is 0 Å². The maximum Gasteiger partial charge on any atom is 0.0760 e. The number of allylic oxidation sites excluding steroid dienone is 1. The maximum absolute atomic E-state index is 5.93. The lowest BCUT2D eigenvalue weighted by atomic mass is 10.1. The average molecular weight is 258 g/mol. The number of ether oxygens (including phenoxy) is 1. The van der Waals surface area contributed by atoms with Crippen molar-refractivity contribution in [2.45, 2.75) is 45.6 Å². The zero-order chi connectivity index (χ0) is 13.9. The third-order valence-electron chi connectivity index (χ3n) is 3.05. The van der Waals surface area contributed by atoms with Crippen molar-refractivity contribution in [3.8, 4) is 0 Å². The summed E-state index contributed by atoms with van der Waals surface area (Å²) in [6.45, 7) is 9.01. The van der Waals surface area contributed by atoms with E-state index >= 15 is 0 Å². The predicted molar refractivity (Wildman–Crippen MR) is 83.4 cm³/mol. The van der Waals surface area contributed by atoms with E-state index in [1.807, 2.05) is 13.0 Å². The first-order chi connectivity index (χ1) is 9.26. The first-order valence-corrected chi connectivity index (χ1v) is 7.21. The van der Waals surface area contributed by atoms with Crippen molar-refractivity contribution in [3.63, 3.8) is 0 Å². The van der Waals surface area contributed by atoms with E-state index in [0.717, 1.165) is 18.4 Å². The molecule has 1 rings (SSSR count). The molecule has 0 aliphatic carbocycles. The molecule has 0 saturated carbocycles. The Bertz CT molecular complexity index is 378. The molecule has 0 N–H and O–H groups in total. The normalized spacial score (nSPS) is 12.7. The van der Waals surface area contributed by atoms with Gasteiger partial charge in [-0.1, -0.05) is 68.8 Å². The van der Waals surface area contributed by atoms with Crippen molar-refractivity contribution >= 4 is 0 Å². The van der Waals surface area contributed by atoms with Crippen LogP contribution >= 0.6 is 0 Å². The van der Waals surface area contributed by atoms with Gasteiger partial charge < -0.3 is 4.74 Å². The molecule has 0 aromatic heterocycles. The van der Waals surface area contributed by atoms with Crippen molar-refractivity contribution in [1.29, 1.82) is 0 Å². The monoisotopic (exact) mass is 258 g/mol. The van der Waals surface area contributed by atoms with Crippen LogP contribution in [0.15, 0.2) is 54.6 Å². The molecule has 0 heterocycles. The van der Waals surface area contributed by atoms with Gasteiger partial charge in [0, 0.05) is 0 Å². The van der Waals surface area contributed by atoms with E-state index in [2.05, 4.69) is 49.9 Å². The summed E-state index contributed by atoms with van der Waals surface area (Å²) < 4.78 is 5.93. The highest BCUT2D eigenvalue weighted by Gasteiger charge is 2.05. The summed E-state index contributed by atoms with van der Waals surface area (Å²) >= 11 is 0. The zero-order valence-electron chi connectivity index (χ0n) is 12.3. The molecule has 1 aromatic rings. The van der Waals surface area contributed by atoms with E-state index < -0.39 is 0 Å². The highest BCUT2D eigenvalue weighted by molar-refractivity contribution is 5.20. The lowest BCUT2D eigenvalue weighted by Crippen LogP contribution is -2.12. The van der Waals surface area contributed by atoms with Crippen LogP contribution in [0.2, 0.25) is 0 Å². The Labute approximate surface area is 118 Å². The van der Waals surface area contributed by atoms with E-state index in [-0.39, 0.29) is 6.10 Å². The van der Waals surface area contributed by atoms with Crippen LogP contribution in [0.4, 0.5) is 0 Å². The molecular formula is C18H26O. The Morgan fingerprint density at radius 1 is 1.32 bits per heavy atom. The molecule has 1 atom stereocenters. The standard InChI is InChI=1S/C18H26O/c1-4-6-13-18(10-5-2)19-15-16(3)14-17-11-8-7-9-12-17/h5,7-12,18H,3-4,6,13-15H2,1-2H3/b10-5+. The van der Waals surface area contributed by atoms with Crippen LogP contribution in [-0.4, -0.2) is 12.7 Å². The Hall–Kier alpha value is -1.34. The van der Waals surface area contributed by atoms with Gasteiger partial charge in [-0.15, -0.1) is 0 Å². The molecule has 0 spiro atoms. The van der Waals surface area contributed by atoms with Crippen molar-refractivity contribution in [2.75, 3.05) is 6.61 Å². The summed E-state index contributed by atoms with van der Waals surface area (Å²) in [4.78, 5) is 0. The number of rotatable bonds is 9. The molecular weight excluding hydrogens is 232 g/mol. The fourth-order valence-corrected chi connectivity index (χ4v) is 2.02. The van der Waals surface area contributed by atoms with Gasteiger partial charge in [0.1, 0.15) is 0 Å². The van der Waals surface area contributed by atoms with Gasteiger partial charge >= 0.3 is 0 Å². The molecule has 19 heavy (non-hydrogen) atoms. The SMILES string of the molecule is C=C(COC(/C=C/C)CCCC)Cc1ccccc1. The second-order valence-corrected chi connectivity index (χ2v) is 4.93. The second-order valence-electron chi connectivity index (χ2n) is 4.93. The summed E-state index contributed by atoms with van der Waals surface area (Å²) in [6.07, 6.45) is 8.86. The predicted octanol–water partition coefficient (Wildman–Crippen LogP) is 4.94. The van der Waals surface area contributed by atoms with Crippen molar-refractivity contribution in [3.05, 3.63) is 60.2 Å². The van der Waals surface area contributed by atoms with Crippen LogP contribution in [0.5, 0.6) is 0 Å². The van der Waals surface area contributed by atoms with Gasteiger partial charge in [0.25, 0.3) is 0 Å². The summed E-state index contributed by atoms with van der Waals surface area (Å²) in [7, 11) is 0. The third kappa shape index (κ3) is 6.97. The first-order valence-electron chi connectivity index (χ1n) is 7.21. The number of unbranched alkanes of at least 4 members (excludes halogenated alkanes) is 1. The Morgan fingerprint density at radius 2 is 2.05 bits per heavy atom. The van der Waals surface area contributed by atoms with Gasteiger partial charge in [0.15, 0.2) is 0 Å². The topological polar surface area (TPSA) is 9.23 Å². The lowest BCUT2D eigenvalue weighted by Gasteiger charge is -2.15. The summed E-state index contributed by atoms with van der Waals surface area (Å²) in [5.74, 6) is 0. The molecule has 0 aliphatic rings. The van der Waals surface area contributed by atoms with E-state index in [0.29, 0.717) is 6.61 Å². The minimum absolute atomic E-state index is 0.234. The third-order valence-corrected chi connectivity index (χ3v) is 3.05. The number of hydrogen-bond acceptors (Lipinski definition) is 1. The number of benzene rings is 1. The summed E-state index contributed by atoms with van der Waals surface area (Å²) in [5, 5.41) is 0. The molecule has 0 radical (unpaired) electrons. The van der Waals surface area contributed by atoms with Gasteiger partial charge in [-0.25, -0.2) is 0 Å². The average Bonchev–Trinajstić information content (AvgIpc) is 2.43. The highest BCUT2D eigenvalue weighted by Crippen LogP contribution is 2.11. The van der Waals surface area contributed by atoms with Crippen LogP contribution in [-0.2, 0) is 11.2 Å². The van der Waals surface area contributed by atoms with Crippen molar-refractivity contribution in [2.24, 2.45) is 0 Å². The van der Waals surface area contributed by atoms with Gasteiger partial charge in [-0.2, -0.15) is 0 Å². The van der Waals surface area contributed by atoms with Crippen molar-refractivity contribution in [1.82, 2.24) is 0 Å². The molecule has 1 nitrogen and oxygen atoms in total. The smallest absolute Gasteiger partial charge is 0.0760 e. The zero-order valence-corrected chi connectivity index (χ0v) is 12.3. The van der Waals surface area contributed by atoms with Gasteiger partial charge in [-0.3, -0.25) is 0 Å². The van der Waals surface area contributed by atoms with E-state index in [4.69, 9.17) is 4.74 Å². The molecule has 1 aromatic carbocycles. The minimum Gasteiger partial charge on any atom is -0.370 e. The van der Waals surface area contributed by atoms with Gasteiger partial charge in [-0.05, 0) is 30.9 Å². The molecule has 0 bridgehead atoms. The largest absolute Gasteiger partial charge is 0.370 e. The summed E-state index contributed by atoms with van der Waals surface area (Å²) in [6, 6.07) is 10.4. The molecule has 0 saturated heterocycles. The van der Waals surface area contributed by atoms with Gasteiger partial charge in [0.2, 0.25) is 0 Å². The van der Waals surface area contributed by atoms with E-state index in [9.17, 15) is 0 Å². The Kier molecular flexibility index (Phi) is 7.92. The van der Waals surface area contributed by atoms with Gasteiger partial charge in [0.05, 0.1) is 12.7 Å². The second kappa shape index (κ2) is 9.57. The van der Waals surface area contributed by atoms with Crippen molar-refractivity contribution < 1.29 is 4.74 Å². The highest BCUT2D eigenvalue weighted by atomic mass is 16.5. The molecule has 0 amide bonds. The van der Waals surface area contributed by atoms with Crippen LogP contribution in [0.3, 0.4) is 0 Å². The molecule has 0 fully saturated rings. The number of hydrogen-bond donors (Lipinski definition) is 0. The molecule has 1 unspecified atom stereocenters. The molecule has 0 aliphatic heterocycles. The van der Waals surface area contributed by atoms with Crippen LogP contribution in [0.1, 0.15) is 38.7 Å². The van der Waals surface area contributed by atoms with Crippen LogP contribution < -0.4 is 0 Å². The summed E-state index contributed by atoms with van der Waals surface area (Å²) in [5.41, 5.74) is 2.43. The van der Waals surface area contributed by atoms with E-state index in [1.54, 1.807) is 0 Å². The Balaban J connectivity index is 2.35. The van der Waals surface area contributed by atoms with Crippen LogP contribution in [0.25, 0.3) is 0 Å². The quantitative estimate of drug-likeness (QED) is 0.570. The lowest BCUT2D eigenvalue weighted by molar-refractivity contribution is 0.0950. The maximum atomic E-state index is 5.93. The Morgan fingerprint density at radius 3 is 2.68 bits per heavy atom.